The average Bonchev–Trinajstić information content (AvgIpc) is 2.42. The molecule has 1 fully saturated rings. The van der Waals surface area contributed by atoms with E-state index in [1.54, 1.807) is 0 Å². The first kappa shape index (κ1) is 11.0. The van der Waals surface area contributed by atoms with Crippen LogP contribution < -0.4 is 5.73 Å². The van der Waals surface area contributed by atoms with Gasteiger partial charge in [0.05, 0.1) is 6.10 Å². The van der Waals surface area contributed by atoms with Crippen LogP contribution in [0.1, 0.15) is 27.2 Å². The van der Waals surface area contributed by atoms with E-state index in [0.717, 1.165) is 13.0 Å². The summed E-state index contributed by atoms with van der Waals surface area (Å²) in [5, 5.41) is 9.95. The summed E-state index contributed by atoms with van der Waals surface area (Å²) < 4.78 is 0. The van der Waals surface area contributed by atoms with Crippen molar-refractivity contribution in [2.45, 2.75) is 45.4 Å². The Labute approximate surface area is 80.9 Å². The first-order valence-corrected chi connectivity index (χ1v) is 5.25. The number of hydrogen-bond acceptors (Lipinski definition) is 3. The maximum atomic E-state index is 9.95. The molecule has 1 saturated heterocycles. The molecule has 3 nitrogen and oxygen atoms in total. The molecule has 78 valence electrons. The lowest BCUT2D eigenvalue weighted by Gasteiger charge is -2.28. The molecule has 0 aromatic carbocycles. The summed E-state index contributed by atoms with van der Waals surface area (Å²) in [5.41, 5.74) is 5.62. The maximum Gasteiger partial charge on any atom is 0.0747 e. The van der Waals surface area contributed by atoms with Gasteiger partial charge in [0, 0.05) is 24.5 Å². The van der Waals surface area contributed by atoms with Crippen molar-refractivity contribution in [3.8, 4) is 0 Å². The highest BCUT2D eigenvalue weighted by atomic mass is 16.3. The van der Waals surface area contributed by atoms with E-state index < -0.39 is 0 Å². The minimum Gasteiger partial charge on any atom is -0.391 e. The second-order valence-electron chi connectivity index (χ2n) is 4.25. The highest BCUT2D eigenvalue weighted by Gasteiger charge is 2.39. The minimum atomic E-state index is -0.225. The molecule has 3 unspecified atom stereocenters. The van der Waals surface area contributed by atoms with Crippen LogP contribution >= 0.6 is 0 Å². The lowest BCUT2D eigenvalue weighted by Crippen LogP contribution is -2.39. The fourth-order valence-corrected chi connectivity index (χ4v) is 2.31. The number of hydrogen-bond donors (Lipinski definition) is 2. The summed E-state index contributed by atoms with van der Waals surface area (Å²) in [6, 6.07) is 0.824. The van der Waals surface area contributed by atoms with Crippen LogP contribution in [0.2, 0.25) is 0 Å². The standard InChI is InChI=1S/C10H22N2O/c1-4-9-10(13)8(5-11)6-12(9)7(2)3/h7-10,13H,4-6,11H2,1-3H3. The first-order chi connectivity index (χ1) is 6.11. The Bertz CT molecular complexity index is 161. The molecule has 1 aliphatic rings. The Kier molecular flexibility index (Phi) is 3.71. The third kappa shape index (κ3) is 2.03. The Morgan fingerprint density at radius 3 is 2.46 bits per heavy atom. The van der Waals surface area contributed by atoms with Gasteiger partial charge in [0.15, 0.2) is 0 Å². The van der Waals surface area contributed by atoms with E-state index in [1.807, 2.05) is 0 Å². The highest BCUT2D eigenvalue weighted by molar-refractivity contribution is 4.93. The van der Waals surface area contributed by atoms with Crippen molar-refractivity contribution in [3.05, 3.63) is 0 Å². The van der Waals surface area contributed by atoms with Crippen LogP contribution in [0.15, 0.2) is 0 Å². The average molecular weight is 186 g/mol. The van der Waals surface area contributed by atoms with Crippen LogP contribution in [0.4, 0.5) is 0 Å². The van der Waals surface area contributed by atoms with Gasteiger partial charge in [0.2, 0.25) is 0 Å². The third-order valence-electron chi connectivity index (χ3n) is 3.13. The number of likely N-dealkylation sites (tertiary alicyclic amines) is 1. The second kappa shape index (κ2) is 4.40. The zero-order valence-corrected chi connectivity index (χ0v) is 8.90. The molecular weight excluding hydrogens is 164 g/mol. The van der Waals surface area contributed by atoms with Gasteiger partial charge in [-0.3, -0.25) is 4.90 Å². The predicted molar refractivity (Wildman–Crippen MR) is 54.5 cm³/mol. The van der Waals surface area contributed by atoms with E-state index >= 15 is 0 Å². The van der Waals surface area contributed by atoms with E-state index in [0.29, 0.717) is 18.6 Å². The first-order valence-electron chi connectivity index (χ1n) is 5.25. The molecule has 13 heavy (non-hydrogen) atoms. The normalized spacial score (nSPS) is 36.0. The van der Waals surface area contributed by atoms with Crippen LogP contribution in [0.25, 0.3) is 0 Å². The molecule has 0 aromatic heterocycles. The van der Waals surface area contributed by atoms with E-state index in [1.165, 1.54) is 0 Å². The highest BCUT2D eigenvalue weighted by Crippen LogP contribution is 2.27. The molecule has 0 radical (unpaired) electrons. The summed E-state index contributed by atoms with van der Waals surface area (Å²) in [7, 11) is 0. The molecule has 3 atom stereocenters. The van der Waals surface area contributed by atoms with Gasteiger partial charge in [0.1, 0.15) is 0 Å². The zero-order chi connectivity index (χ0) is 10.0. The van der Waals surface area contributed by atoms with Crippen LogP contribution in [-0.2, 0) is 0 Å². The van der Waals surface area contributed by atoms with Gasteiger partial charge in [0.25, 0.3) is 0 Å². The Balaban J connectivity index is 2.66. The van der Waals surface area contributed by atoms with Gasteiger partial charge in [-0.15, -0.1) is 0 Å². The van der Waals surface area contributed by atoms with Crippen molar-refractivity contribution in [2.24, 2.45) is 11.7 Å². The smallest absolute Gasteiger partial charge is 0.0747 e. The lowest BCUT2D eigenvalue weighted by molar-refractivity contribution is 0.0842. The Morgan fingerprint density at radius 1 is 1.54 bits per heavy atom. The third-order valence-corrected chi connectivity index (χ3v) is 3.13. The number of nitrogens with zero attached hydrogens (tertiary/aromatic N) is 1. The van der Waals surface area contributed by atoms with Crippen molar-refractivity contribution < 1.29 is 5.11 Å². The second-order valence-corrected chi connectivity index (χ2v) is 4.25. The largest absolute Gasteiger partial charge is 0.391 e. The molecule has 0 aliphatic carbocycles. The molecule has 0 amide bonds. The fraction of sp³-hybridized carbons (Fsp3) is 1.00. The van der Waals surface area contributed by atoms with Crippen molar-refractivity contribution in [2.75, 3.05) is 13.1 Å². The number of aliphatic hydroxyl groups is 1. The molecule has 0 aromatic rings. The molecule has 0 spiro atoms. The molecule has 1 aliphatic heterocycles. The summed E-state index contributed by atoms with van der Waals surface area (Å²) in [6.07, 6.45) is 0.785. The van der Waals surface area contributed by atoms with Gasteiger partial charge in [-0.05, 0) is 26.8 Å². The van der Waals surface area contributed by atoms with Gasteiger partial charge in [-0.1, -0.05) is 6.92 Å². The number of nitrogens with two attached hydrogens (primary N) is 1. The summed E-state index contributed by atoms with van der Waals surface area (Å²) in [5.74, 6) is 0.271. The van der Waals surface area contributed by atoms with Crippen LogP contribution in [0.3, 0.4) is 0 Å². The molecule has 3 heteroatoms. The molecular formula is C10H22N2O. The summed E-state index contributed by atoms with van der Waals surface area (Å²) in [6.45, 7) is 8.03. The van der Waals surface area contributed by atoms with E-state index in [-0.39, 0.29) is 12.0 Å². The Hall–Kier alpha value is -0.120. The fourth-order valence-electron chi connectivity index (χ4n) is 2.31. The SMILES string of the molecule is CCC1C(O)C(CN)CN1C(C)C. The summed E-state index contributed by atoms with van der Waals surface area (Å²) in [4.78, 5) is 2.36. The van der Waals surface area contributed by atoms with Gasteiger partial charge >= 0.3 is 0 Å². The van der Waals surface area contributed by atoms with Crippen molar-refractivity contribution in [3.63, 3.8) is 0 Å². The van der Waals surface area contributed by atoms with Gasteiger partial charge < -0.3 is 10.8 Å². The number of rotatable bonds is 3. The number of aliphatic hydroxyl groups excluding tert-OH is 1. The van der Waals surface area contributed by atoms with E-state index in [2.05, 4.69) is 25.7 Å². The predicted octanol–water partition coefficient (Wildman–Crippen LogP) is 0.425. The molecule has 1 heterocycles. The maximum absolute atomic E-state index is 9.95. The zero-order valence-electron chi connectivity index (χ0n) is 8.90. The minimum absolute atomic E-state index is 0.225. The van der Waals surface area contributed by atoms with Crippen LogP contribution in [-0.4, -0.2) is 41.3 Å². The van der Waals surface area contributed by atoms with Crippen molar-refractivity contribution in [1.29, 1.82) is 0 Å². The quantitative estimate of drug-likeness (QED) is 0.672. The monoisotopic (exact) mass is 186 g/mol. The van der Waals surface area contributed by atoms with Crippen LogP contribution in [0, 0.1) is 5.92 Å². The van der Waals surface area contributed by atoms with Gasteiger partial charge in [-0.25, -0.2) is 0 Å². The van der Waals surface area contributed by atoms with Gasteiger partial charge in [-0.2, -0.15) is 0 Å². The van der Waals surface area contributed by atoms with Crippen molar-refractivity contribution in [1.82, 2.24) is 4.90 Å². The van der Waals surface area contributed by atoms with E-state index in [4.69, 9.17) is 5.73 Å². The Morgan fingerprint density at radius 2 is 2.15 bits per heavy atom. The molecule has 1 rings (SSSR count). The molecule has 3 N–H and O–H groups in total. The summed E-state index contributed by atoms with van der Waals surface area (Å²) >= 11 is 0. The van der Waals surface area contributed by atoms with Crippen molar-refractivity contribution >= 4 is 0 Å². The molecule has 0 saturated carbocycles. The lowest BCUT2D eigenvalue weighted by atomic mass is 10.0. The van der Waals surface area contributed by atoms with Crippen LogP contribution in [0.5, 0.6) is 0 Å². The van der Waals surface area contributed by atoms with E-state index in [9.17, 15) is 5.11 Å². The molecule has 0 bridgehead atoms. The topological polar surface area (TPSA) is 49.5 Å².